The summed E-state index contributed by atoms with van der Waals surface area (Å²) in [6.07, 6.45) is 2.13. The van der Waals surface area contributed by atoms with E-state index in [9.17, 15) is 0 Å². The van der Waals surface area contributed by atoms with Crippen molar-refractivity contribution in [3.8, 4) is 5.75 Å². The summed E-state index contributed by atoms with van der Waals surface area (Å²) in [5.41, 5.74) is 5.20. The molecule has 2 atom stereocenters. The number of fused-ring (bicyclic) bond motifs is 5. The molecule has 2 heterocycles. The van der Waals surface area contributed by atoms with Crippen LogP contribution < -0.4 is 9.80 Å². The maximum absolute atomic E-state index is 6.36. The molecular formula is C20H24N2O2. The normalized spacial score (nSPS) is 21.9. The predicted octanol–water partition coefficient (Wildman–Crippen LogP) is 3.41. The molecule has 0 radical (unpaired) electrons. The van der Waals surface area contributed by atoms with Crippen LogP contribution in [0.15, 0.2) is 42.5 Å². The van der Waals surface area contributed by atoms with Gasteiger partial charge in [0.15, 0.2) is 0 Å². The Labute approximate surface area is 143 Å². The van der Waals surface area contributed by atoms with Gasteiger partial charge in [0, 0.05) is 13.0 Å². The van der Waals surface area contributed by atoms with E-state index in [1.54, 1.807) is 7.11 Å². The zero-order valence-electron chi connectivity index (χ0n) is 14.5. The zero-order chi connectivity index (χ0) is 16.7. The largest absolute Gasteiger partial charge is 0.497 e. The molecular weight excluding hydrogens is 300 g/mol. The molecule has 4 nitrogen and oxygen atoms in total. The van der Waals surface area contributed by atoms with E-state index < -0.39 is 0 Å². The molecule has 1 saturated heterocycles. The van der Waals surface area contributed by atoms with Crippen LogP contribution in [0.25, 0.3) is 0 Å². The predicted molar refractivity (Wildman–Crippen MR) is 95.5 cm³/mol. The number of hydrogen-bond donors (Lipinski definition) is 0. The molecule has 4 heteroatoms. The van der Waals surface area contributed by atoms with E-state index in [1.807, 2.05) is 0 Å². The third kappa shape index (κ3) is 2.66. The van der Waals surface area contributed by atoms with Gasteiger partial charge in [0.2, 0.25) is 0 Å². The molecule has 0 aromatic heterocycles. The number of para-hydroxylation sites is 1. The monoisotopic (exact) mass is 324 g/mol. The maximum Gasteiger partial charge on any atom is 0.119 e. The zero-order valence-corrected chi connectivity index (χ0v) is 14.5. The van der Waals surface area contributed by atoms with Crippen molar-refractivity contribution in [3.63, 3.8) is 0 Å². The van der Waals surface area contributed by atoms with Gasteiger partial charge in [-0.1, -0.05) is 24.3 Å². The highest BCUT2D eigenvalue weighted by Crippen LogP contribution is 2.45. The van der Waals surface area contributed by atoms with Crippen molar-refractivity contribution in [1.29, 1.82) is 0 Å². The second-order valence-corrected chi connectivity index (χ2v) is 6.94. The van der Waals surface area contributed by atoms with Gasteiger partial charge in [0.05, 0.1) is 18.8 Å². The van der Waals surface area contributed by atoms with E-state index in [4.69, 9.17) is 9.57 Å². The molecule has 0 N–H and O–H groups in total. The van der Waals surface area contributed by atoms with Crippen LogP contribution in [0, 0.1) is 0 Å². The van der Waals surface area contributed by atoms with Gasteiger partial charge >= 0.3 is 0 Å². The van der Waals surface area contributed by atoms with Crippen molar-refractivity contribution in [1.82, 2.24) is 4.90 Å². The van der Waals surface area contributed by atoms with Gasteiger partial charge in [-0.05, 0) is 55.4 Å². The molecule has 2 aliphatic heterocycles. The second kappa shape index (κ2) is 6.11. The molecule has 2 aliphatic rings. The lowest BCUT2D eigenvalue weighted by atomic mass is 9.94. The Bertz CT molecular complexity index is 744. The van der Waals surface area contributed by atoms with Crippen LogP contribution in [0.4, 0.5) is 5.69 Å². The summed E-state index contributed by atoms with van der Waals surface area (Å²) in [4.78, 5) is 8.55. The van der Waals surface area contributed by atoms with Crippen LogP contribution in [0.3, 0.4) is 0 Å². The molecule has 24 heavy (non-hydrogen) atoms. The minimum absolute atomic E-state index is 0.204. The minimum Gasteiger partial charge on any atom is -0.497 e. The van der Waals surface area contributed by atoms with E-state index >= 15 is 0 Å². The van der Waals surface area contributed by atoms with Crippen molar-refractivity contribution in [3.05, 3.63) is 59.2 Å². The average molecular weight is 324 g/mol. The molecule has 0 aliphatic carbocycles. The summed E-state index contributed by atoms with van der Waals surface area (Å²) in [5, 5.41) is 2.13. The third-order valence-corrected chi connectivity index (χ3v) is 4.92. The lowest BCUT2D eigenvalue weighted by Gasteiger charge is -2.25. The van der Waals surface area contributed by atoms with Gasteiger partial charge < -0.3 is 9.64 Å². The van der Waals surface area contributed by atoms with E-state index in [0.29, 0.717) is 0 Å². The summed E-state index contributed by atoms with van der Waals surface area (Å²) in [6.45, 7) is 0.925. The Morgan fingerprint density at radius 1 is 1.17 bits per heavy atom. The van der Waals surface area contributed by atoms with Crippen LogP contribution in [0.5, 0.6) is 5.75 Å². The Hall–Kier alpha value is -2.04. The summed E-state index contributed by atoms with van der Waals surface area (Å²) < 4.78 is 5.47. The molecule has 1 fully saturated rings. The number of nitrogens with zero attached hydrogens (tertiary/aromatic N) is 2. The molecule has 4 rings (SSSR count). The molecule has 2 aromatic carbocycles. The number of ether oxygens (including phenoxy) is 1. The number of anilines is 1. The maximum atomic E-state index is 6.36. The summed E-state index contributed by atoms with van der Waals surface area (Å²) in [5.74, 6) is 0.913. The smallest absolute Gasteiger partial charge is 0.119 e. The first kappa shape index (κ1) is 15.5. The first-order valence-corrected chi connectivity index (χ1v) is 8.51. The first-order valence-electron chi connectivity index (χ1n) is 8.51. The fourth-order valence-electron chi connectivity index (χ4n) is 3.87. The van der Waals surface area contributed by atoms with Gasteiger partial charge in [-0.3, -0.25) is 4.84 Å². The number of benzene rings is 2. The molecule has 2 unspecified atom stereocenters. The molecule has 0 spiro atoms. The molecule has 2 aromatic rings. The number of hydroxylamine groups is 1. The topological polar surface area (TPSA) is 24.9 Å². The van der Waals surface area contributed by atoms with Crippen molar-refractivity contribution in [2.75, 3.05) is 32.8 Å². The number of rotatable bonds is 3. The van der Waals surface area contributed by atoms with Crippen molar-refractivity contribution in [2.24, 2.45) is 0 Å². The van der Waals surface area contributed by atoms with Crippen LogP contribution in [0.2, 0.25) is 0 Å². The van der Waals surface area contributed by atoms with Crippen LogP contribution in [-0.4, -0.2) is 38.8 Å². The van der Waals surface area contributed by atoms with Gasteiger partial charge in [-0.2, -0.15) is 0 Å². The molecule has 0 bridgehead atoms. The molecule has 0 saturated carbocycles. The highest BCUT2D eigenvalue weighted by molar-refractivity contribution is 5.59. The average Bonchev–Trinajstić information content (AvgIpc) is 2.93. The quantitative estimate of drug-likeness (QED) is 0.864. The Kier molecular flexibility index (Phi) is 3.94. The molecule has 0 amide bonds. The Morgan fingerprint density at radius 3 is 2.79 bits per heavy atom. The van der Waals surface area contributed by atoms with Crippen molar-refractivity contribution in [2.45, 2.75) is 25.0 Å². The first-order chi connectivity index (χ1) is 11.7. The van der Waals surface area contributed by atoms with Gasteiger partial charge in [-0.25, -0.2) is 5.06 Å². The Morgan fingerprint density at radius 2 is 2.00 bits per heavy atom. The van der Waals surface area contributed by atoms with E-state index in [-0.39, 0.29) is 12.1 Å². The Balaban J connectivity index is 1.80. The van der Waals surface area contributed by atoms with Crippen LogP contribution in [-0.2, 0) is 11.3 Å². The second-order valence-electron chi connectivity index (χ2n) is 6.94. The summed E-state index contributed by atoms with van der Waals surface area (Å²) in [6, 6.07) is 15.3. The van der Waals surface area contributed by atoms with E-state index in [0.717, 1.165) is 25.1 Å². The number of methoxy groups -OCH3 is 1. The van der Waals surface area contributed by atoms with Gasteiger partial charge in [0.25, 0.3) is 0 Å². The van der Waals surface area contributed by atoms with Crippen molar-refractivity contribution < 1.29 is 9.57 Å². The molecule has 126 valence electrons. The number of hydrogen-bond acceptors (Lipinski definition) is 4. The lowest BCUT2D eigenvalue weighted by Crippen LogP contribution is -2.27. The summed E-state index contributed by atoms with van der Waals surface area (Å²) >= 11 is 0. The van der Waals surface area contributed by atoms with E-state index in [1.165, 1.54) is 22.4 Å². The fraction of sp³-hybridized carbons (Fsp3) is 0.400. The standard InChI is InChI=1S/C20H24N2O2/c1-21(2)13-17-12-20-18-11-16(23-3)9-8-14(18)10-15-6-4-5-7-19(15)22(20)24-17/h4-9,11,17,20H,10,12-13H2,1-3H3. The fourth-order valence-corrected chi connectivity index (χ4v) is 3.87. The van der Waals surface area contributed by atoms with E-state index in [2.05, 4.69) is 66.5 Å². The SMILES string of the molecule is COc1ccc2c(c1)C1CC(CN(C)C)ON1c1ccccc1C2. The lowest BCUT2D eigenvalue weighted by molar-refractivity contribution is 0.0649. The number of likely N-dealkylation sites (N-methyl/N-ethyl adjacent to an activating group) is 1. The highest BCUT2D eigenvalue weighted by atomic mass is 16.7. The van der Waals surface area contributed by atoms with Crippen LogP contribution in [0.1, 0.15) is 29.2 Å². The minimum atomic E-state index is 0.204. The van der Waals surface area contributed by atoms with Gasteiger partial charge in [0.1, 0.15) is 11.9 Å². The van der Waals surface area contributed by atoms with Crippen LogP contribution >= 0.6 is 0 Å². The highest BCUT2D eigenvalue weighted by Gasteiger charge is 2.39. The third-order valence-electron chi connectivity index (χ3n) is 4.92. The summed E-state index contributed by atoms with van der Waals surface area (Å²) in [7, 11) is 5.92. The van der Waals surface area contributed by atoms with Gasteiger partial charge in [-0.15, -0.1) is 0 Å². The van der Waals surface area contributed by atoms with Crippen molar-refractivity contribution >= 4 is 5.69 Å².